The van der Waals surface area contributed by atoms with Gasteiger partial charge in [-0.15, -0.1) is 0 Å². The molecule has 18 heavy (non-hydrogen) atoms. The molecule has 1 atom stereocenters. The SMILES string of the molecule is CCC1Nc2cccc(C(C)(C)C)c2N(C)C1=O. The van der Waals surface area contributed by atoms with E-state index >= 15 is 0 Å². The molecule has 1 unspecified atom stereocenters. The third-order valence-electron chi connectivity index (χ3n) is 3.55. The molecule has 1 aromatic carbocycles. The van der Waals surface area contributed by atoms with Gasteiger partial charge in [-0.1, -0.05) is 39.8 Å². The number of hydrogen-bond donors (Lipinski definition) is 1. The molecule has 0 bridgehead atoms. The summed E-state index contributed by atoms with van der Waals surface area (Å²) in [5, 5.41) is 3.35. The molecule has 3 heteroatoms. The molecule has 0 fully saturated rings. The van der Waals surface area contributed by atoms with Gasteiger partial charge in [0.25, 0.3) is 0 Å². The molecule has 1 aromatic rings. The van der Waals surface area contributed by atoms with Crippen molar-refractivity contribution in [2.45, 2.75) is 45.6 Å². The van der Waals surface area contributed by atoms with Gasteiger partial charge in [0, 0.05) is 7.05 Å². The van der Waals surface area contributed by atoms with Crippen LogP contribution in [0.2, 0.25) is 0 Å². The first-order valence-electron chi connectivity index (χ1n) is 6.54. The number of para-hydroxylation sites is 1. The van der Waals surface area contributed by atoms with Crippen molar-refractivity contribution in [2.24, 2.45) is 0 Å². The third kappa shape index (κ3) is 1.98. The number of benzene rings is 1. The quantitative estimate of drug-likeness (QED) is 0.825. The largest absolute Gasteiger partial charge is 0.372 e. The molecule has 0 aromatic heterocycles. The molecule has 1 aliphatic heterocycles. The first kappa shape index (κ1) is 12.9. The second-order valence-corrected chi connectivity index (χ2v) is 5.95. The van der Waals surface area contributed by atoms with Gasteiger partial charge < -0.3 is 10.2 Å². The van der Waals surface area contributed by atoms with Crippen LogP contribution in [0.5, 0.6) is 0 Å². The summed E-state index contributed by atoms with van der Waals surface area (Å²) in [6.07, 6.45) is 0.808. The molecular formula is C15H22N2O. The smallest absolute Gasteiger partial charge is 0.249 e. The lowest BCUT2D eigenvalue weighted by molar-refractivity contribution is -0.119. The second-order valence-electron chi connectivity index (χ2n) is 5.95. The lowest BCUT2D eigenvalue weighted by atomic mass is 9.84. The molecule has 1 amide bonds. The summed E-state index contributed by atoms with van der Waals surface area (Å²) in [7, 11) is 1.87. The fraction of sp³-hybridized carbons (Fsp3) is 0.533. The van der Waals surface area contributed by atoms with Crippen LogP contribution in [0.3, 0.4) is 0 Å². The number of likely N-dealkylation sites (N-methyl/N-ethyl adjacent to an activating group) is 1. The van der Waals surface area contributed by atoms with Gasteiger partial charge in [-0.25, -0.2) is 0 Å². The van der Waals surface area contributed by atoms with E-state index in [1.807, 2.05) is 14.0 Å². The van der Waals surface area contributed by atoms with E-state index in [0.717, 1.165) is 17.8 Å². The van der Waals surface area contributed by atoms with E-state index < -0.39 is 0 Å². The fourth-order valence-electron chi connectivity index (χ4n) is 2.50. The number of carbonyl (C=O) groups is 1. The normalized spacial score (nSPS) is 19.5. The zero-order chi connectivity index (χ0) is 13.5. The molecule has 98 valence electrons. The van der Waals surface area contributed by atoms with Gasteiger partial charge in [-0.05, 0) is 23.5 Å². The second kappa shape index (κ2) is 4.30. The Labute approximate surface area is 109 Å². The lowest BCUT2D eigenvalue weighted by Gasteiger charge is -2.36. The summed E-state index contributed by atoms with van der Waals surface area (Å²) in [4.78, 5) is 14.1. The topological polar surface area (TPSA) is 32.3 Å². The van der Waals surface area contributed by atoms with Crippen molar-refractivity contribution in [1.29, 1.82) is 0 Å². The van der Waals surface area contributed by atoms with Crippen molar-refractivity contribution in [3.8, 4) is 0 Å². The highest BCUT2D eigenvalue weighted by Crippen LogP contribution is 2.40. The highest BCUT2D eigenvalue weighted by atomic mass is 16.2. The number of amides is 1. The zero-order valence-electron chi connectivity index (χ0n) is 11.9. The van der Waals surface area contributed by atoms with Gasteiger partial charge in [0.15, 0.2) is 0 Å². The Morgan fingerprint density at radius 2 is 2.00 bits per heavy atom. The molecular weight excluding hydrogens is 224 g/mol. The monoisotopic (exact) mass is 246 g/mol. The van der Waals surface area contributed by atoms with Crippen LogP contribution >= 0.6 is 0 Å². The van der Waals surface area contributed by atoms with Crippen LogP contribution in [0.4, 0.5) is 11.4 Å². The van der Waals surface area contributed by atoms with E-state index in [-0.39, 0.29) is 17.4 Å². The number of anilines is 2. The Kier molecular flexibility index (Phi) is 3.09. The van der Waals surface area contributed by atoms with Crippen molar-refractivity contribution in [1.82, 2.24) is 0 Å². The number of nitrogens with one attached hydrogen (secondary N) is 1. The average molecular weight is 246 g/mol. The minimum atomic E-state index is -0.0993. The highest BCUT2D eigenvalue weighted by Gasteiger charge is 2.32. The van der Waals surface area contributed by atoms with Crippen LogP contribution in [0, 0.1) is 0 Å². The maximum Gasteiger partial charge on any atom is 0.249 e. The van der Waals surface area contributed by atoms with Gasteiger partial charge in [0.1, 0.15) is 6.04 Å². The third-order valence-corrected chi connectivity index (χ3v) is 3.55. The molecule has 1 heterocycles. The summed E-state index contributed by atoms with van der Waals surface area (Å²) in [5.41, 5.74) is 3.33. The number of fused-ring (bicyclic) bond motifs is 1. The van der Waals surface area contributed by atoms with Crippen LogP contribution < -0.4 is 10.2 Å². The number of nitrogens with zero attached hydrogens (tertiary/aromatic N) is 1. The molecule has 0 radical (unpaired) electrons. The zero-order valence-corrected chi connectivity index (χ0v) is 11.9. The van der Waals surface area contributed by atoms with Crippen LogP contribution in [-0.4, -0.2) is 19.0 Å². The summed E-state index contributed by atoms with van der Waals surface area (Å²) < 4.78 is 0. The predicted octanol–water partition coefficient (Wildman–Crippen LogP) is 3.15. The summed E-state index contributed by atoms with van der Waals surface area (Å²) in [5.74, 6) is 0.154. The number of rotatable bonds is 1. The molecule has 2 rings (SSSR count). The lowest BCUT2D eigenvalue weighted by Crippen LogP contribution is -2.45. The van der Waals surface area contributed by atoms with Gasteiger partial charge in [0.2, 0.25) is 5.91 Å². The van der Waals surface area contributed by atoms with Crippen molar-refractivity contribution < 1.29 is 4.79 Å². The van der Waals surface area contributed by atoms with Crippen LogP contribution in [0.1, 0.15) is 39.7 Å². The Hall–Kier alpha value is -1.51. The van der Waals surface area contributed by atoms with E-state index in [0.29, 0.717) is 0 Å². The molecule has 0 aliphatic carbocycles. The van der Waals surface area contributed by atoms with Crippen LogP contribution in [0.25, 0.3) is 0 Å². The van der Waals surface area contributed by atoms with Gasteiger partial charge in [0.05, 0.1) is 11.4 Å². The van der Waals surface area contributed by atoms with E-state index in [4.69, 9.17) is 0 Å². The van der Waals surface area contributed by atoms with Crippen molar-refractivity contribution in [2.75, 3.05) is 17.3 Å². The van der Waals surface area contributed by atoms with Crippen molar-refractivity contribution >= 4 is 17.3 Å². The molecule has 0 saturated heterocycles. The van der Waals surface area contributed by atoms with Crippen LogP contribution in [0.15, 0.2) is 18.2 Å². The van der Waals surface area contributed by atoms with Crippen LogP contribution in [-0.2, 0) is 10.2 Å². The highest BCUT2D eigenvalue weighted by molar-refractivity contribution is 6.05. The van der Waals surface area contributed by atoms with Gasteiger partial charge in [-0.2, -0.15) is 0 Å². The molecule has 1 aliphatic rings. The fourth-order valence-corrected chi connectivity index (χ4v) is 2.50. The number of carbonyl (C=O) groups excluding carboxylic acids is 1. The minimum Gasteiger partial charge on any atom is -0.372 e. The summed E-state index contributed by atoms with van der Waals surface area (Å²) >= 11 is 0. The summed E-state index contributed by atoms with van der Waals surface area (Å²) in [6, 6.07) is 6.12. The first-order valence-corrected chi connectivity index (χ1v) is 6.54. The van der Waals surface area contributed by atoms with E-state index in [1.54, 1.807) is 4.90 Å². The first-order chi connectivity index (χ1) is 8.36. The van der Waals surface area contributed by atoms with E-state index in [9.17, 15) is 4.79 Å². The van der Waals surface area contributed by atoms with Gasteiger partial charge >= 0.3 is 0 Å². The van der Waals surface area contributed by atoms with Crippen molar-refractivity contribution in [3.63, 3.8) is 0 Å². The summed E-state index contributed by atoms with van der Waals surface area (Å²) in [6.45, 7) is 8.55. The Bertz CT molecular complexity index is 474. The van der Waals surface area contributed by atoms with E-state index in [1.165, 1.54) is 5.56 Å². The molecule has 0 saturated carbocycles. The molecule has 1 N–H and O–H groups in total. The predicted molar refractivity (Wildman–Crippen MR) is 76.3 cm³/mol. The molecule has 3 nitrogen and oxygen atoms in total. The average Bonchev–Trinajstić information content (AvgIpc) is 2.31. The minimum absolute atomic E-state index is 0.0284. The Morgan fingerprint density at radius 3 is 2.56 bits per heavy atom. The molecule has 0 spiro atoms. The Balaban J connectivity index is 2.57. The van der Waals surface area contributed by atoms with Gasteiger partial charge in [-0.3, -0.25) is 4.79 Å². The van der Waals surface area contributed by atoms with Crippen molar-refractivity contribution in [3.05, 3.63) is 23.8 Å². The standard InChI is InChI=1S/C15H22N2O/c1-6-11-14(18)17(5)13-10(15(2,3)4)8-7-9-12(13)16-11/h7-9,11,16H,6H2,1-5H3. The maximum absolute atomic E-state index is 12.3. The van der Waals surface area contributed by atoms with E-state index in [2.05, 4.69) is 44.3 Å². The maximum atomic E-state index is 12.3. The number of hydrogen-bond acceptors (Lipinski definition) is 2. The Morgan fingerprint density at radius 1 is 1.33 bits per heavy atom.